The summed E-state index contributed by atoms with van der Waals surface area (Å²) in [6, 6.07) is -1.46. The molecule has 2 atom stereocenters. The van der Waals surface area contributed by atoms with Crippen molar-refractivity contribution in [2.24, 2.45) is 5.73 Å². The molecule has 0 amide bonds. The van der Waals surface area contributed by atoms with Crippen LogP contribution in [0.4, 0.5) is 4.39 Å². The van der Waals surface area contributed by atoms with E-state index in [-0.39, 0.29) is 0 Å². The van der Waals surface area contributed by atoms with Crippen molar-refractivity contribution in [2.75, 3.05) is 0 Å². The van der Waals surface area contributed by atoms with Gasteiger partial charge < -0.3 is 15.9 Å². The third kappa shape index (κ3) is 3.51. The van der Waals surface area contributed by atoms with Gasteiger partial charge in [-0.25, -0.2) is 9.18 Å². The highest BCUT2D eigenvalue weighted by atomic mass is 19.1. The number of aliphatic carboxylic acids is 2. The molecule has 0 radical (unpaired) electrons. The summed E-state index contributed by atoms with van der Waals surface area (Å²) in [5.41, 5.74) is 4.85. The van der Waals surface area contributed by atoms with Crippen molar-refractivity contribution in [3.63, 3.8) is 0 Å². The molecular formula is C5H8FNO4. The van der Waals surface area contributed by atoms with Crippen molar-refractivity contribution in [3.05, 3.63) is 0 Å². The number of hydrogen-bond acceptors (Lipinski definition) is 3. The average molecular weight is 165 g/mol. The Hall–Kier alpha value is -1.17. The first-order valence-electron chi connectivity index (χ1n) is 2.80. The van der Waals surface area contributed by atoms with Crippen LogP contribution < -0.4 is 5.73 Å². The van der Waals surface area contributed by atoms with E-state index in [1.807, 2.05) is 0 Å². The molecule has 0 aromatic rings. The predicted octanol–water partition coefficient (Wildman–Crippen LogP) is -0.789. The van der Waals surface area contributed by atoms with E-state index < -0.39 is 30.6 Å². The zero-order chi connectivity index (χ0) is 9.02. The summed E-state index contributed by atoms with van der Waals surface area (Å²) in [6.45, 7) is 0. The second kappa shape index (κ2) is 3.87. The Balaban J connectivity index is 3.84. The molecule has 64 valence electrons. The van der Waals surface area contributed by atoms with Crippen LogP contribution in [0.25, 0.3) is 0 Å². The molecule has 0 unspecified atom stereocenters. The van der Waals surface area contributed by atoms with Gasteiger partial charge in [0.1, 0.15) is 6.04 Å². The number of alkyl halides is 1. The lowest BCUT2D eigenvalue weighted by Crippen LogP contribution is -2.35. The molecule has 0 aliphatic heterocycles. The van der Waals surface area contributed by atoms with E-state index in [0.29, 0.717) is 0 Å². The summed E-state index contributed by atoms with van der Waals surface area (Å²) < 4.78 is 12.2. The first kappa shape index (κ1) is 9.83. The second-order valence-corrected chi connectivity index (χ2v) is 1.99. The van der Waals surface area contributed by atoms with Crippen LogP contribution >= 0.6 is 0 Å². The molecule has 0 bridgehead atoms. The van der Waals surface area contributed by atoms with Gasteiger partial charge in [0.15, 0.2) is 6.17 Å². The van der Waals surface area contributed by atoms with E-state index >= 15 is 0 Å². The normalized spacial score (nSPS) is 15.5. The topological polar surface area (TPSA) is 101 Å². The average Bonchev–Trinajstić information content (AvgIpc) is 1.87. The van der Waals surface area contributed by atoms with Crippen molar-refractivity contribution in [3.8, 4) is 0 Å². The maximum atomic E-state index is 12.2. The molecule has 6 heteroatoms. The minimum absolute atomic E-state index is 0.704. The molecule has 0 aromatic heterocycles. The third-order valence-electron chi connectivity index (χ3n) is 1.05. The van der Waals surface area contributed by atoms with E-state index in [1.54, 1.807) is 0 Å². The Morgan fingerprint density at radius 2 is 1.82 bits per heavy atom. The molecule has 4 N–H and O–H groups in total. The molecule has 0 heterocycles. The minimum Gasteiger partial charge on any atom is -0.480 e. The number of carboxylic acid groups (broad SMARTS) is 2. The molecule has 0 fully saturated rings. The number of nitrogens with two attached hydrogens (primary N) is 1. The first-order valence-corrected chi connectivity index (χ1v) is 2.80. The second-order valence-electron chi connectivity index (χ2n) is 1.99. The maximum Gasteiger partial charge on any atom is 0.338 e. The fraction of sp³-hybridized carbons (Fsp3) is 0.600. The Morgan fingerprint density at radius 1 is 1.36 bits per heavy atom. The summed E-state index contributed by atoms with van der Waals surface area (Å²) >= 11 is 0. The van der Waals surface area contributed by atoms with Crippen LogP contribution in [-0.4, -0.2) is 34.4 Å². The van der Waals surface area contributed by atoms with Gasteiger partial charge >= 0.3 is 11.9 Å². The molecule has 0 saturated heterocycles. The highest BCUT2D eigenvalue weighted by Crippen LogP contribution is 2.00. The van der Waals surface area contributed by atoms with Crippen LogP contribution in [0, 0.1) is 0 Å². The standard InChI is InChI=1S/C5H8FNO4/c6-2(4(8)9)1-3(7)5(10)11/h2-3H,1,7H2,(H,8,9)(H,10,11)/t2-,3-/m0/s1. The minimum atomic E-state index is -2.21. The summed E-state index contributed by atoms with van der Waals surface area (Å²) in [4.78, 5) is 19.8. The lowest BCUT2D eigenvalue weighted by Gasteiger charge is -2.06. The van der Waals surface area contributed by atoms with Crippen molar-refractivity contribution < 1.29 is 24.2 Å². The van der Waals surface area contributed by atoms with Crippen LogP contribution in [0.1, 0.15) is 6.42 Å². The summed E-state index contributed by atoms with van der Waals surface area (Å²) in [5.74, 6) is -3.10. The van der Waals surface area contributed by atoms with Crippen molar-refractivity contribution in [1.29, 1.82) is 0 Å². The number of halogens is 1. The molecule has 0 rings (SSSR count). The number of carbonyl (C=O) groups is 2. The monoisotopic (exact) mass is 165 g/mol. The zero-order valence-electron chi connectivity index (χ0n) is 5.53. The van der Waals surface area contributed by atoms with Crippen molar-refractivity contribution in [2.45, 2.75) is 18.6 Å². The lowest BCUT2D eigenvalue weighted by atomic mass is 10.1. The molecule has 5 nitrogen and oxygen atoms in total. The van der Waals surface area contributed by atoms with E-state index in [1.165, 1.54) is 0 Å². The van der Waals surface area contributed by atoms with Crippen LogP contribution in [-0.2, 0) is 9.59 Å². The summed E-state index contributed by atoms with van der Waals surface area (Å²) in [6.07, 6.45) is -2.91. The zero-order valence-corrected chi connectivity index (χ0v) is 5.53. The highest BCUT2D eigenvalue weighted by molar-refractivity contribution is 5.76. The molecule has 0 aliphatic rings. The van der Waals surface area contributed by atoms with Gasteiger partial charge in [-0.05, 0) is 0 Å². The molecule has 0 spiro atoms. The van der Waals surface area contributed by atoms with Crippen LogP contribution in [0.3, 0.4) is 0 Å². The van der Waals surface area contributed by atoms with Gasteiger partial charge in [-0.1, -0.05) is 0 Å². The van der Waals surface area contributed by atoms with Gasteiger partial charge in [-0.2, -0.15) is 0 Å². The smallest absolute Gasteiger partial charge is 0.338 e. The predicted molar refractivity (Wildman–Crippen MR) is 32.8 cm³/mol. The SMILES string of the molecule is N[C@@H](C[C@H](F)C(=O)O)C(=O)O. The van der Waals surface area contributed by atoms with Gasteiger partial charge in [0, 0.05) is 6.42 Å². The Morgan fingerprint density at radius 3 is 2.09 bits per heavy atom. The molecule has 0 saturated carbocycles. The van der Waals surface area contributed by atoms with E-state index in [4.69, 9.17) is 15.9 Å². The van der Waals surface area contributed by atoms with Gasteiger partial charge in [-0.3, -0.25) is 4.79 Å². The quantitative estimate of drug-likeness (QED) is 0.506. The number of carboxylic acids is 2. The van der Waals surface area contributed by atoms with Crippen LogP contribution in [0.15, 0.2) is 0 Å². The summed E-state index contributed by atoms with van der Waals surface area (Å²) in [7, 11) is 0. The largest absolute Gasteiger partial charge is 0.480 e. The fourth-order valence-electron chi connectivity index (χ4n) is 0.425. The molecule has 11 heavy (non-hydrogen) atoms. The maximum absolute atomic E-state index is 12.2. The van der Waals surface area contributed by atoms with Crippen molar-refractivity contribution >= 4 is 11.9 Å². The number of hydrogen-bond donors (Lipinski definition) is 3. The molecule has 0 aromatic carbocycles. The fourth-order valence-corrected chi connectivity index (χ4v) is 0.425. The Kier molecular flexibility index (Phi) is 3.46. The van der Waals surface area contributed by atoms with E-state index in [0.717, 1.165) is 0 Å². The van der Waals surface area contributed by atoms with Gasteiger partial charge in [-0.15, -0.1) is 0 Å². The van der Waals surface area contributed by atoms with Crippen molar-refractivity contribution in [1.82, 2.24) is 0 Å². The highest BCUT2D eigenvalue weighted by Gasteiger charge is 2.23. The third-order valence-corrected chi connectivity index (χ3v) is 1.05. The Labute approximate surface area is 61.6 Å². The van der Waals surface area contributed by atoms with Gasteiger partial charge in [0.05, 0.1) is 0 Å². The summed E-state index contributed by atoms with van der Waals surface area (Å²) in [5, 5.41) is 16.1. The first-order chi connectivity index (χ1) is 4.95. The lowest BCUT2D eigenvalue weighted by molar-refractivity contribution is -0.144. The van der Waals surface area contributed by atoms with Gasteiger partial charge in [0.25, 0.3) is 0 Å². The molecular weight excluding hydrogens is 157 g/mol. The van der Waals surface area contributed by atoms with Gasteiger partial charge in [0.2, 0.25) is 0 Å². The van der Waals surface area contributed by atoms with Crippen LogP contribution in [0.2, 0.25) is 0 Å². The van der Waals surface area contributed by atoms with E-state index in [9.17, 15) is 14.0 Å². The number of rotatable bonds is 4. The van der Waals surface area contributed by atoms with E-state index in [2.05, 4.69) is 0 Å². The molecule has 0 aliphatic carbocycles. The van der Waals surface area contributed by atoms with Crippen LogP contribution in [0.5, 0.6) is 0 Å². The Bertz CT molecular complexity index is 154.